The van der Waals surface area contributed by atoms with Gasteiger partial charge in [0.25, 0.3) is 0 Å². The number of aryl methyl sites for hydroxylation is 1. The first kappa shape index (κ1) is 14.1. The Morgan fingerprint density at radius 2 is 1.90 bits per heavy atom. The van der Waals surface area contributed by atoms with Crippen molar-refractivity contribution in [1.29, 1.82) is 0 Å². The van der Waals surface area contributed by atoms with E-state index >= 15 is 0 Å². The highest BCUT2D eigenvalue weighted by atomic mass is 79.9. The van der Waals surface area contributed by atoms with Crippen molar-refractivity contribution in [3.05, 3.63) is 57.6 Å². The summed E-state index contributed by atoms with van der Waals surface area (Å²) in [6.45, 7) is 2.63. The van der Waals surface area contributed by atoms with Gasteiger partial charge in [0.05, 0.1) is 20.1 Å². The van der Waals surface area contributed by atoms with Crippen molar-refractivity contribution in [3.8, 4) is 5.75 Å². The van der Waals surface area contributed by atoms with Crippen LogP contribution in [-0.4, -0.2) is 13.0 Å². The molecule has 0 saturated carbocycles. The number of hydrogen-bond donors (Lipinski definition) is 0. The molecule has 0 saturated heterocycles. The standard InChI is InChI=1S/C17H16BrNO2/c1-11-3-8-15-14(17(11)18)9-16(20)19(15)10-12-4-6-13(21-2)7-5-12/h3-8H,9-10H2,1-2H3. The Hall–Kier alpha value is -1.81. The lowest BCUT2D eigenvalue weighted by molar-refractivity contribution is -0.117. The third kappa shape index (κ3) is 2.56. The second-order valence-corrected chi connectivity index (χ2v) is 5.99. The average molecular weight is 346 g/mol. The lowest BCUT2D eigenvalue weighted by Crippen LogP contribution is -2.25. The third-order valence-corrected chi connectivity index (χ3v) is 4.94. The highest BCUT2D eigenvalue weighted by molar-refractivity contribution is 9.10. The summed E-state index contributed by atoms with van der Waals surface area (Å²) < 4.78 is 6.21. The maximum absolute atomic E-state index is 12.3. The lowest BCUT2D eigenvalue weighted by atomic mass is 10.1. The van der Waals surface area contributed by atoms with Crippen molar-refractivity contribution in [3.63, 3.8) is 0 Å². The van der Waals surface area contributed by atoms with E-state index in [0.717, 1.165) is 32.6 Å². The van der Waals surface area contributed by atoms with Gasteiger partial charge in [0.2, 0.25) is 5.91 Å². The van der Waals surface area contributed by atoms with E-state index in [9.17, 15) is 4.79 Å². The molecule has 0 aromatic heterocycles. The Kier molecular flexibility index (Phi) is 3.72. The number of methoxy groups -OCH3 is 1. The van der Waals surface area contributed by atoms with Crippen molar-refractivity contribution in [2.45, 2.75) is 19.9 Å². The smallest absolute Gasteiger partial charge is 0.231 e. The van der Waals surface area contributed by atoms with Crippen LogP contribution in [0.4, 0.5) is 5.69 Å². The van der Waals surface area contributed by atoms with Gasteiger partial charge in [0, 0.05) is 10.2 Å². The number of nitrogens with zero attached hydrogens (tertiary/aromatic N) is 1. The zero-order chi connectivity index (χ0) is 15.0. The molecular formula is C17H16BrNO2. The van der Waals surface area contributed by atoms with Crippen LogP contribution in [0.5, 0.6) is 5.75 Å². The molecule has 0 N–H and O–H groups in total. The number of hydrogen-bond acceptors (Lipinski definition) is 2. The predicted molar refractivity (Wildman–Crippen MR) is 86.8 cm³/mol. The molecule has 4 heteroatoms. The van der Waals surface area contributed by atoms with Crippen LogP contribution >= 0.6 is 15.9 Å². The molecule has 21 heavy (non-hydrogen) atoms. The van der Waals surface area contributed by atoms with Gasteiger partial charge in [-0.1, -0.05) is 34.1 Å². The van der Waals surface area contributed by atoms with Gasteiger partial charge < -0.3 is 9.64 Å². The molecule has 1 aliphatic heterocycles. The largest absolute Gasteiger partial charge is 0.497 e. The van der Waals surface area contributed by atoms with E-state index in [-0.39, 0.29) is 5.91 Å². The van der Waals surface area contributed by atoms with Crippen LogP contribution in [0.3, 0.4) is 0 Å². The normalized spacial score (nSPS) is 13.5. The summed E-state index contributed by atoms with van der Waals surface area (Å²) in [5.74, 6) is 0.970. The SMILES string of the molecule is COc1ccc(CN2C(=O)Cc3c2ccc(C)c3Br)cc1. The van der Waals surface area contributed by atoms with Gasteiger partial charge >= 0.3 is 0 Å². The van der Waals surface area contributed by atoms with Gasteiger partial charge in [0.1, 0.15) is 5.75 Å². The average Bonchev–Trinajstić information content (AvgIpc) is 2.81. The minimum atomic E-state index is 0.145. The van der Waals surface area contributed by atoms with Crippen molar-refractivity contribution >= 4 is 27.5 Å². The van der Waals surface area contributed by atoms with E-state index in [2.05, 4.69) is 15.9 Å². The van der Waals surface area contributed by atoms with Gasteiger partial charge in [-0.2, -0.15) is 0 Å². The van der Waals surface area contributed by atoms with Gasteiger partial charge in [0.15, 0.2) is 0 Å². The molecule has 0 radical (unpaired) electrons. The van der Waals surface area contributed by atoms with Crippen molar-refractivity contribution in [2.24, 2.45) is 0 Å². The Labute approximate surface area is 132 Å². The number of amides is 1. The summed E-state index contributed by atoms with van der Waals surface area (Å²) in [5.41, 5.74) is 4.35. The molecule has 2 aromatic carbocycles. The zero-order valence-electron chi connectivity index (χ0n) is 12.0. The van der Waals surface area contributed by atoms with Crippen LogP contribution in [0.2, 0.25) is 0 Å². The van der Waals surface area contributed by atoms with Crippen LogP contribution in [0, 0.1) is 6.92 Å². The molecule has 1 amide bonds. The van der Waals surface area contributed by atoms with Crippen molar-refractivity contribution in [2.75, 3.05) is 12.0 Å². The van der Waals surface area contributed by atoms with Crippen LogP contribution in [0.15, 0.2) is 40.9 Å². The summed E-state index contributed by atoms with van der Waals surface area (Å²) >= 11 is 3.60. The number of halogens is 1. The van der Waals surface area contributed by atoms with E-state index in [1.54, 1.807) is 7.11 Å². The molecule has 0 fully saturated rings. The molecule has 0 aliphatic carbocycles. The quantitative estimate of drug-likeness (QED) is 0.845. The number of benzene rings is 2. The maximum atomic E-state index is 12.3. The van der Waals surface area contributed by atoms with Crippen LogP contribution in [0.1, 0.15) is 16.7 Å². The molecule has 3 nitrogen and oxygen atoms in total. The van der Waals surface area contributed by atoms with Crippen LogP contribution < -0.4 is 9.64 Å². The monoisotopic (exact) mass is 345 g/mol. The highest BCUT2D eigenvalue weighted by Gasteiger charge is 2.29. The first-order valence-electron chi connectivity index (χ1n) is 6.81. The fraction of sp³-hybridized carbons (Fsp3) is 0.235. The van der Waals surface area contributed by atoms with Crippen LogP contribution in [-0.2, 0) is 17.8 Å². The molecule has 0 bridgehead atoms. The maximum Gasteiger partial charge on any atom is 0.231 e. The number of carbonyl (C=O) groups excluding carboxylic acids is 1. The molecular weight excluding hydrogens is 330 g/mol. The number of rotatable bonds is 3. The first-order chi connectivity index (χ1) is 10.1. The summed E-state index contributed by atoms with van der Waals surface area (Å²) in [7, 11) is 1.65. The van der Waals surface area contributed by atoms with E-state index in [1.165, 1.54) is 0 Å². The molecule has 108 valence electrons. The highest BCUT2D eigenvalue weighted by Crippen LogP contribution is 2.37. The minimum absolute atomic E-state index is 0.145. The summed E-state index contributed by atoms with van der Waals surface area (Å²) in [6, 6.07) is 11.9. The summed E-state index contributed by atoms with van der Waals surface area (Å²) in [6.07, 6.45) is 0.466. The number of anilines is 1. The Morgan fingerprint density at radius 3 is 2.57 bits per heavy atom. The number of carbonyl (C=O) groups is 1. The molecule has 3 rings (SSSR count). The third-order valence-electron chi connectivity index (χ3n) is 3.83. The van der Waals surface area contributed by atoms with E-state index in [0.29, 0.717) is 13.0 Å². The topological polar surface area (TPSA) is 29.5 Å². The van der Waals surface area contributed by atoms with E-state index in [4.69, 9.17) is 4.74 Å². The molecule has 0 unspecified atom stereocenters. The number of fused-ring (bicyclic) bond motifs is 1. The van der Waals surface area contributed by atoms with Crippen molar-refractivity contribution < 1.29 is 9.53 Å². The predicted octanol–water partition coefficient (Wildman–Crippen LogP) is 3.86. The molecule has 1 heterocycles. The van der Waals surface area contributed by atoms with Gasteiger partial charge in [-0.05, 0) is 41.8 Å². The first-order valence-corrected chi connectivity index (χ1v) is 7.60. The summed E-state index contributed by atoms with van der Waals surface area (Å²) in [4.78, 5) is 14.2. The zero-order valence-corrected chi connectivity index (χ0v) is 13.6. The van der Waals surface area contributed by atoms with Gasteiger partial charge in [-0.3, -0.25) is 4.79 Å². The second kappa shape index (κ2) is 5.53. The van der Waals surface area contributed by atoms with Crippen LogP contribution in [0.25, 0.3) is 0 Å². The van der Waals surface area contributed by atoms with Gasteiger partial charge in [-0.25, -0.2) is 0 Å². The molecule has 2 aromatic rings. The van der Waals surface area contributed by atoms with Crippen molar-refractivity contribution in [1.82, 2.24) is 0 Å². The fourth-order valence-electron chi connectivity index (χ4n) is 2.62. The Bertz CT molecular complexity index is 695. The molecule has 1 aliphatic rings. The molecule has 0 atom stereocenters. The Balaban J connectivity index is 1.90. The summed E-state index contributed by atoms with van der Waals surface area (Å²) in [5, 5.41) is 0. The van der Waals surface area contributed by atoms with E-state index in [1.807, 2.05) is 48.2 Å². The fourth-order valence-corrected chi connectivity index (χ4v) is 3.09. The lowest BCUT2D eigenvalue weighted by Gasteiger charge is -2.18. The number of ether oxygens (including phenoxy) is 1. The minimum Gasteiger partial charge on any atom is -0.497 e. The molecule has 0 spiro atoms. The Morgan fingerprint density at radius 1 is 1.19 bits per heavy atom. The van der Waals surface area contributed by atoms with E-state index < -0.39 is 0 Å². The second-order valence-electron chi connectivity index (χ2n) is 5.20. The van der Waals surface area contributed by atoms with Gasteiger partial charge in [-0.15, -0.1) is 0 Å².